The van der Waals surface area contributed by atoms with Crippen molar-refractivity contribution in [2.45, 2.75) is 38.3 Å². The second-order valence-electron chi connectivity index (χ2n) is 7.70. The monoisotopic (exact) mass is 346 g/mol. The molecule has 2 bridgehead atoms. The molecule has 3 saturated heterocycles. The Bertz CT molecular complexity index is 547. The molecule has 3 fully saturated rings. The Morgan fingerprint density at radius 1 is 1.24 bits per heavy atom. The van der Waals surface area contributed by atoms with Gasteiger partial charge < -0.3 is 15.2 Å². The molecule has 2 atom stereocenters. The first kappa shape index (κ1) is 18.4. The number of nitrogens with zero attached hydrogens (tertiary/aromatic N) is 1. The van der Waals surface area contributed by atoms with Crippen LogP contribution in [0.2, 0.25) is 0 Å². The normalized spacial score (nSPS) is 30.3. The van der Waals surface area contributed by atoms with E-state index in [2.05, 4.69) is 35.2 Å². The van der Waals surface area contributed by atoms with E-state index in [9.17, 15) is 4.79 Å². The van der Waals surface area contributed by atoms with Crippen molar-refractivity contribution in [1.29, 1.82) is 0 Å². The Morgan fingerprint density at radius 2 is 1.88 bits per heavy atom. The van der Waals surface area contributed by atoms with Crippen molar-refractivity contribution in [2.24, 2.45) is 17.6 Å². The van der Waals surface area contributed by atoms with Gasteiger partial charge in [0.25, 0.3) is 0 Å². The first-order chi connectivity index (χ1) is 12.1. The molecular formula is C20H30N2O3. The van der Waals surface area contributed by atoms with Crippen LogP contribution in [-0.4, -0.2) is 49.3 Å². The van der Waals surface area contributed by atoms with Crippen molar-refractivity contribution in [3.05, 3.63) is 35.9 Å². The predicted molar refractivity (Wildman–Crippen MR) is 96.9 cm³/mol. The molecule has 2 N–H and O–H groups in total. The van der Waals surface area contributed by atoms with Crippen molar-refractivity contribution >= 4 is 5.97 Å². The average Bonchev–Trinajstić information content (AvgIpc) is 2.51. The molecule has 3 heterocycles. The Morgan fingerprint density at radius 3 is 2.48 bits per heavy atom. The number of benzene rings is 1. The topological polar surface area (TPSA) is 64.8 Å². The number of esters is 1. The number of hydrogen-bond donors (Lipinski definition) is 1. The molecule has 0 amide bonds. The van der Waals surface area contributed by atoms with Crippen LogP contribution in [0.1, 0.15) is 31.7 Å². The zero-order chi connectivity index (χ0) is 17.7. The maximum atomic E-state index is 12.0. The van der Waals surface area contributed by atoms with Crippen molar-refractivity contribution in [1.82, 2.24) is 4.90 Å². The lowest BCUT2D eigenvalue weighted by Crippen LogP contribution is -2.53. The third kappa shape index (κ3) is 5.27. The van der Waals surface area contributed by atoms with Gasteiger partial charge in [0.05, 0.1) is 26.2 Å². The molecule has 0 saturated carbocycles. The van der Waals surface area contributed by atoms with E-state index in [1.807, 2.05) is 6.92 Å². The lowest BCUT2D eigenvalue weighted by atomic mass is 9.76. The fraction of sp³-hybridized carbons (Fsp3) is 0.650. The van der Waals surface area contributed by atoms with Gasteiger partial charge >= 0.3 is 5.97 Å². The molecule has 0 spiro atoms. The summed E-state index contributed by atoms with van der Waals surface area (Å²) in [7, 11) is 0. The summed E-state index contributed by atoms with van der Waals surface area (Å²) in [5.41, 5.74) is 7.55. The van der Waals surface area contributed by atoms with Crippen LogP contribution < -0.4 is 5.73 Å². The van der Waals surface area contributed by atoms with E-state index in [4.69, 9.17) is 15.2 Å². The number of carbonyl (C=O) groups excluding carboxylic acids is 1. The molecule has 5 nitrogen and oxygen atoms in total. The summed E-state index contributed by atoms with van der Waals surface area (Å²) in [6.45, 7) is 6.59. The lowest BCUT2D eigenvalue weighted by Gasteiger charge is -2.44. The first-order valence-corrected chi connectivity index (χ1v) is 9.35. The molecule has 1 aromatic rings. The molecule has 1 aromatic carbocycles. The lowest BCUT2D eigenvalue weighted by molar-refractivity contribution is -0.145. The van der Waals surface area contributed by atoms with Gasteiger partial charge in [-0.3, -0.25) is 9.69 Å². The van der Waals surface area contributed by atoms with Crippen LogP contribution in [0, 0.1) is 11.8 Å². The minimum atomic E-state index is -0.468. The van der Waals surface area contributed by atoms with Crippen LogP contribution in [0.3, 0.4) is 0 Å². The van der Waals surface area contributed by atoms with E-state index < -0.39 is 5.54 Å². The molecule has 25 heavy (non-hydrogen) atoms. The highest BCUT2D eigenvalue weighted by molar-refractivity contribution is 5.70. The fourth-order valence-electron chi connectivity index (χ4n) is 4.41. The van der Waals surface area contributed by atoms with Gasteiger partial charge in [-0.25, -0.2) is 0 Å². The smallest absolute Gasteiger partial charge is 0.307 e. The molecule has 3 aliphatic heterocycles. The van der Waals surface area contributed by atoms with Crippen LogP contribution in [-0.2, 0) is 20.8 Å². The summed E-state index contributed by atoms with van der Waals surface area (Å²) in [4.78, 5) is 14.5. The van der Waals surface area contributed by atoms with E-state index in [1.54, 1.807) is 0 Å². The van der Waals surface area contributed by atoms with Gasteiger partial charge in [-0.1, -0.05) is 30.3 Å². The number of hydrogen-bond acceptors (Lipinski definition) is 5. The Labute approximate surface area is 150 Å². The van der Waals surface area contributed by atoms with Crippen LogP contribution in [0.4, 0.5) is 0 Å². The highest BCUT2D eigenvalue weighted by atomic mass is 16.5. The summed E-state index contributed by atoms with van der Waals surface area (Å²) in [5.74, 6) is 0.527. The number of ether oxygens (including phenoxy) is 2. The SMILES string of the molecule is CCOC(=O)CC1(N)CC2COCC(CN(Cc3ccccc3)C2)C1. The zero-order valence-electron chi connectivity index (χ0n) is 15.2. The summed E-state index contributed by atoms with van der Waals surface area (Å²) >= 11 is 0. The number of fused-ring (bicyclic) bond motifs is 6. The molecule has 138 valence electrons. The number of nitrogens with two attached hydrogens (primary N) is 1. The second-order valence-corrected chi connectivity index (χ2v) is 7.70. The van der Waals surface area contributed by atoms with Gasteiger partial charge in [0, 0.05) is 25.2 Å². The van der Waals surface area contributed by atoms with Crippen molar-refractivity contribution < 1.29 is 14.3 Å². The average molecular weight is 346 g/mol. The van der Waals surface area contributed by atoms with Crippen LogP contribution in [0.15, 0.2) is 30.3 Å². The molecule has 0 aromatic heterocycles. The third-order valence-corrected chi connectivity index (χ3v) is 5.18. The molecule has 2 unspecified atom stereocenters. The molecule has 5 heteroatoms. The standard InChI is InChI=1S/C20H30N2O3/c1-2-25-19(23)10-20(21)8-17-12-22(11-16-6-4-3-5-7-16)13-18(9-20)15-24-14-17/h3-7,17-18H,2,8-15,21H2,1H3. The van der Waals surface area contributed by atoms with Gasteiger partial charge in [0.2, 0.25) is 0 Å². The zero-order valence-corrected chi connectivity index (χ0v) is 15.2. The molecule has 0 aliphatic carbocycles. The van der Waals surface area contributed by atoms with Gasteiger partial charge in [-0.15, -0.1) is 0 Å². The van der Waals surface area contributed by atoms with Gasteiger partial charge in [0.15, 0.2) is 0 Å². The van der Waals surface area contributed by atoms with Crippen molar-refractivity contribution in [3.63, 3.8) is 0 Å². The minimum absolute atomic E-state index is 0.175. The summed E-state index contributed by atoms with van der Waals surface area (Å²) in [6.07, 6.45) is 1.94. The molecule has 0 radical (unpaired) electrons. The highest BCUT2D eigenvalue weighted by Crippen LogP contribution is 2.33. The van der Waals surface area contributed by atoms with Crippen LogP contribution in [0.25, 0.3) is 0 Å². The molecule has 4 rings (SSSR count). The highest BCUT2D eigenvalue weighted by Gasteiger charge is 2.39. The number of carbonyl (C=O) groups is 1. The van der Waals surface area contributed by atoms with Gasteiger partial charge in [-0.05, 0) is 37.2 Å². The molecular weight excluding hydrogens is 316 g/mol. The predicted octanol–water partition coefficient (Wildman–Crippen LogP) is 2.20. The fourth-order valence-corrected chi connectivity index (χ4v) is 4.41. The second kappa shape index (κ2) is 8.30. The Kier molecular flexibility index (Phi) is 6.10. The maximum Gasteiger partial charge on any atom is 0.307 e. The third-order valence-electron chi connectivity index (χ3n) is 5.18. The summed E-state index contributed by atoms with van der Waals surface area (Å²) in [6, 6.07) is 10.6. The summed E-state index contributed by atoms with van der Waals surface area (Å²) in [5, 5.41) is 0. The largest absolute Gasteiger partial charge is 0.466 e. The van der Waals surface area contributed by atoms with E-state index >= 15 is 0 Å². The summed E-state index contributed by atoms with van der Waals surface area (Å²) < 4.78 is 11.0. The maximum absolute atomic E-state index is 12.0. The van der Waals surface area contributed by atoms with E-state index in [0.29, 0.717) is 24.9 Å². The quantitative estimate of drug-likeness (QED) is 0.828. The Hall–Kier alpha value is -1.43. The van der Waals surface area contributed by atoms with E-state index in [0.717, 1.165) is 45.7 Å². The van der Waals surface area contributed by atoms with Gasteiger partial charge in [0.1, 0.15) is 0 Å². The minimum Gasteiger partial charge on any atom is -0.466 e. The Balaban J connectivity index is 1.68. The molecule has 3 aliphatic rings. The first-order valence-electron chi connectivity index (χ1n) is 9.35. The number of rotatable bonds is 5. The van der Waals surface area contributed by atoms with E-state index in [-0.39, 0.29) is 5.97 Å². The van der Waals surface area contributed by atoms with Gasteiger partial charge in [-0.2, -0.15) is 0 Å². The van der Waals surface area contributed by atoms with Crippen LogP contribution in [0.5, 0.6) is 0 Å². The van der Waals surface area contributed by atoms with Crippen LogP contribution >= 0.6 is 0 Å². The van der Waals surface area contributed by atoms with Crippen molar-refractivity contribution in [3.8, 4) is 0 Å². The van der Waals surface area contributed by atoms with E-state index in [1.165, 1.54) is 5.56 Å². The van der Waals surface area contributed by atoms with Crippen molar-refractivity contribution in [2.75, 3.05) is 32.9 Å².